The van der Waals surface area contributed by atoms with E-state index < -0.39 is 0 Å². The maximum absolute atomic E-state index is 5.39. The zero-order chi connectivity index (χ0) is 10.6. The van der Waals surface area contributed by atoms with Gasteiger partial charge in [0.25, 0.3) is 0 Å². The van der Waals surface area contributed by atoms with Crippen molar-refractivity contribution in [2.75, 3.05) is 13.7 Å². The van der Waals surface area contributed by atoms with Crippen LogP contribution in [0.25, 0.3) is 0 Å². The van der Waals surface area contributed by atoms with Crippen LogP contribution in [0.3, 0.4) is 0 Å². The number of aryl methyl sites for hydroxylation is 1. The van der Waals surface area contributed by atoms with E-state index in [4.69, 9.17) is 4.74 Å². The molecule has 0 spiro atoms. The van der Waals surface area contributed by atoms with Crippen molar-refractivity contribution in [2.24, 2.45) is 0 Å². The first-order valence-electron chi connectivity index (χ1n) is 5.00. The largest absolute Gasteiger partial charge is 0.380 e. The molecule has 1 aromatic heterocycles. The van der Waals surface area contributed by atoms with Crippen LogP contribution >= 0.6 is 11.3 Å². The lowest BCUT2D eigenvalue weighted by Crippen LogP contribution is -2.31. The van der Waals surface area contributed by atoms with Crippen LogP contribution in [0.15, 0.2) is 11.4 Å². The summed E-state index contributed by atoms with van der Waals surface area (Å²) >= 11 is 1.79. The molecule has 0 bridgehead atoms. The van der Waals surface area contributed by atoms with Gasteiger partial charge in [-0.15, -0.1) is 11.3 Å². The van der Waals surface area contributed by atoms with Gasteiger partial charge < -0.3 is 10.1 Å². The minimum absolute atomic E-state index is 0.211. The predicted octanol–water partition coefficient (Wildman–Crippen LogP) is 2.74. The highest BCUT2D eigenvalue weighted by Crippen LogP contribution is 2.25. The molecular formula is C11H19NOS. The molecule has 0 radical (unpaired) electrons. The molecule has 0 saturated heterocycles. The van der Waals surface area contributed by atoms with Crippen molar-refractivity contribution in [3.63, 3.8) is 0 Å². The van der Waals surface area contributed by atoms with Crippen LogP contribution in [0.1, 0.15) is 30.3 Å². The third-order valence-corrected chi connectivity index (χ3v) is 3.36. The third kappa shape index (κ3) is 2.56. The molecular weight excluding hydrogens is 194 g/mol. The Bertz CT molecular complexity index is 272. The van der Waals surface area contributed by atoms with Crippen molar-refractivity contribution in [2.45, 2.75) is 32.9 Å². The minimum atomic E-state index is 0.211. The summed E-state index contributed by atoms with van der Waals surface area (Å²) < 4.78 is 5.39. The highest BCUT2D eigenvalue weighted by molar-refractivity contribution is 7.10. The smallest absolute Gasteiger partial charge is 0.0738 e. The van der Waals surface area contributed by atoms with Gasteiger partial charge in [-0.1, -0.05) is 6.92 Å². The number of nitrogens with one attached hydrogen (secondary N) is 1. The molecule has 14 heavy (non-hydrogen) atoms. The molecule has 0 aliphatic rings. The van der Waals surface area contributed by atoms with Gasteiger partial charge in [-0.25, -0.2) is 0 Å². The molecule has 1 aromatic rings. The first kappa shape index (κ1) is 11.7. The molecule has 0 saturated carbocycles. The van der Waals surface area contributed by atoms with Gasteiger partial charge in [0, 0.05) is 12.0 Å². The summed E-state index contributed by atoms with van der Waals surface area (Å²) in [5, 5.41) is 5.59. The van der Waals surface area contributed by atoms with Crippen molar-refractivity contribution >= 4 is 11.3 Å². The van der Waals surface area contributed by atoms with Crippen molar-refractivity contribution < 1.29 is 4.74 Å². The number of ether oxygens (including phenoxy) is 1. The van der Waals surface area contributed by atoms with E-state index >= 15 is 0 Å². The van der Waals surface area contributed by atoms with Gasteiger partial charge in [0.1, 0.15) is 0 Å². The van der Waals surface area contributed by atoms with Gasteiger partial charge in [-0.2, -0.15) is 0 Å². The fourth-order valence-electron chi connectivity index (χ4n) is 1.60. The second kappa shape index (κ2) is 5.49. The summed E-state index contributed by atoms with van der Waals surface area (Å²) in [6.07, 6.45) is 0.211. The van der Waals surface area contributed by atoms with Gasteiger partial charge in [-0.3, -0.25) is 0 Å². The minimum Gasteiger partial charge on any atom is -0.380 e. The Kier molecular flexibility index (Phi) is 4.58. The standard InChI is InChI=1S/C11H19NOS/c1-5-12-11(8(2)13-4)10-6-7-14-9(10)3/h6-8,11-12H,5H2,1-4H3. The van der Waals surface area contributed by atoms with E-state index in [1.54, 1.807) is 18.4 Å². The average molecular weight is 213 g/mol. The lowest BCUT2D eigenvalue weighted by Gasteiger charge is -2.23. The highest BCUT2D eigenvalue weighted by atomic mass is 32.1. The van der Waals surface area contributed by atoms with Crippen molar-refractivity contribution in [1.29, 1.82) is 0 Å². The van der Waals surface area contributed by atoms with Crippen LogP contribution in [-0.4, -0.2) is 19.8 Å². The van der Waals surface area contributed by atoms with E-state index in [1.807, 2.05) is 0 Å². The summed E-state index contributed by atoms with van der Waals surface area (Å²) in [5.74, 6) is 0. The Morgan fingerprint density at radius 3 is 2.71 bits per heavy atom. The van der Waals surface area contributed by atoms with Gasteiger partial charge in [-0.05, 0) is 37.4 Å². The summed E-state index contributed by atoms with van der Waals surface area (Å²) in [6, 6.07) is 2.50. The molecule has 2 nitrogen and oxygen atoms in total. The Morgan fingerprint density at radius 2 is 2.29 bits per heavy atom. The number of rotatable bonds is 5. The summed E-state index contributed by atoms with van der Waals surface area (Å²) in [4.78, 5) is 1.37. The fourth-order valence-corrected chi connectivity index (χ4v) is 2.35. The first-order chi connectivity index (χ1) is 6.70. The Hall–Kier alpha value is -0.380. The van der Waals surface area contributed by atoms with Gasteiger partial charge in [0.2, 0.25) is 0 Å². The van der Waals surface area contributed by atoms with E-state index in [0.29, 0.717) is 6.04 Å². The van der Waals surface area contributed by atoms with E-state index in [9.17, 15) is 0 Å². The molecule has 1 heterocycles. The molecule has 0 aliphatic heterocycles. The molecule has 2 atom stereocenters. The predicted molar refractivity (Wildman–Crippen MR) is 61.9 cm³/mol. The van der Waals surface area contributed by atoms with Gasteiger partial charge in [0.15, 0.2) is 0 Å². The zero-order valence-electron chi connectivity index (χ0n) is 9.33. The molecule has 0 aromatic carbocycles. The van der Waals surface area contributed by atoms with Crippen LogP contribution in [0, 0.1) is 6.92 Å². The van der Waals surface area contributed by atoms with Crippen molar-refractivity contribution in [3.05, 3.63) is 21.9 Å². The molecule has 0 fully saturated rings. The quantitative estimate of drug-likeness (QED) is 0.812. The summed E-state index contributed by atoms with van der Waals surface area (Å²) in [6.45, 7) is 7.35. The fraction of sp³-hybridized carbons (Fsp3) is 0.636. The maximum Gasteiger partial charge on any atom is 0.0738 e. The monoisotopic (exact) mass is 213 g/mol. The molecule has 0 amide bonds. The molecule has 3 heteroatoms. The van der Waals surface area contributed by atoms with E-state index in [2.05, 4.69) is 37.5 Å². The molecule has 0 aliphatic carbocycles. The number of hydrogen-bond donors (Lipinski definition) is 1. The number of likely N-dealkylation sites (N-methyl/N-ethyl adjacent to an activating group) is 1. The van der Waals surface area contributed by atoms with E-state index in [1.165, 1.54) is 10.4 Å². The maximum atomic E-state index is 5.39. The van der Waals surface area contributed by atoms with Crippen LogP contribution < -0.4 is 5.32 Å². The SMILES string of the molecule is CCNC(c1ccsc1C)C(C)OC. The van der Waals surface area contributed by atoms with Gasteiger partial charge >= 0.3 is 0 Å². The highest BCUT2D eigenvalue weighted by Gasteiger charge is 2.19. The zero-order valence-corrected chi connectivity index (χ0v) is 10.1. The van der Waals surface area contributed by atoms with Gasteiger partial charge in [0.05, 0.1) is 12.1 Å². The average Bonchev–Trinajstić information content (AvgIpc) is 2.60. The second-order valence-electron chi connectivity index (χ2n) is 3.41. The van der Waals surface area contributed by atoms with Crippen LogP contribution in [0.2, 0.25) is 0 Å². The summed E-state index contributed by atoms with van der Waals surface area (Å²) in [7, 11) is 1.76. The van der Waals surface area contributed by atoms with Crippen LogP contribution in [-0.2, 0) is 4.74 Å². The number of thiophene rings is 1. The van der Waals surface area contributed by atoms with Crippen molar-refractivity contribution in [1.82, 2.24) is 5.32 Å². The molecule has 1 rings (SSSR count). The summed E-state index contributed by atoms with van der Waals surface area (Å²) in [5.41, 5.74) is 1.37. The van der Waals surface area contributed by atoms with Crippen molar-refractivity contribution in [3.8, 4) is 0 Å². The molecule has 1 N–H and O–H groups in total. The topological polar surface area (TPSA) is 21.3 Å². The van der Waals surface area contributed by atoms with E-state index in [0.717, 1.165) is 6.54 Å². The first-order valence-corrected chi connectivity index (χ1v) is 5.88. The number of methoxy groups -OCH3 is 1. The Morgan fingerprint density at radius 1 is 1.57 bits per heavy atom. The van der Waals surface area contributed by atoms with Crippen LogP contribution in [0.5, 0.6) is 0 Å². The lowest BCUT2D eigenvalue weighted by atomic mass is 10.0. The van der Waals surface area contributed by atoms with E-state index in [-0.39, 0.29) is 6.10 Å². The normalized spacial score (nSPS) is 15.4. The Labute approximate surface area is 90.3 Å². The van der Waals surface area contributed by atoms with Crippen LogP contribution in [0.4, 0.5) is 0 Å². The lowest BCUT2D eigenvalue weighted by molar-refractivity contribution is 0.0835. The molecule has 80 valence electrons. The third-order valence-electron chi connectivity index (χ3n) is 2.50. The molecule has 2 unspecified atom stereocenters. The number of hydrogen-bond acceptors (Lipinski definition) is 3. The Balaban J connectivity index is 2.82. The second-order valence-corrected chi connectivity index (χ2v) is 4.53.